The molecule has 0 amide bonds. The molecule has 1 aromatic heterocycles. The van der Waals surface area contributed by atoms with Crippen LogP contribution in [0.25, 0.3) is 0 Å². The maximum absolute atomic E-state index is 6.38. The summed E-state index contributed by atoms with van der Waals surface area (Å²) in [4.78, 5) is 14.0. The molecule has 0 fully saturated rings. The Balaban J connectivity index is 1.85. The highest BCUT2D eigenvalue weighted by molar-refractivity contribution is 7.10. The molecule has 0 unspecified atom stereocenters. The van der Waals surface area contributed by atoms with E-state index in [1.54, 1.807) is 0 Å². The van der Waals surface area contributed by atoms with E-state index in [0.717, 1.165) is 30.1 Å². The van der Waals surface area contributed by atoms with Gasteiger partial charge in [-0.3, -0.25) is 4.90 Å². The van der Waals surface area contributed by atoms with E-state index in [-0.39, 0.29) is 6.04 Å². The van der Waals surface area contributed by atoms with Gasteiger partial charge < -0.3 is 0 Å². The second-order valence-corrected chi connectivity index (χ2v) is 6.49. The zero-order valence-corrected chi connectivity index (χ0v) is 13.5. The summed E-state index contributed by atoms with van der Waals surface area (Å²) < 4.78 is 0. The van der Waals surface area contributed by atoms with Crippen LogP contribution in [0.2, 0.25) is 5.02 Å². The molecule has 1 atom stereocenters. The first kappa shape index (κ1) is 15.0. The average Bonchev–Trinajstić information content (AvgIpc) is 2.97. The summed E-state index contributed by atoms with van der Waals surface area (Å²) in [5, 5.41) is 2.95. The van der Waals surface area contributed by atoms with Crippen molar-refractivity contribution in [3.05, 3.63) is 56.7 Å². The van der Waals surface area contributed by atoms with Crippen LogP contribution in [0.15, 0.2) is 35.7 Å². The van der Waals surface area contributed by atoms with E-state index in [2.05, 4.69) is 22.4 Å². The Kier molecular flexibility index (Phi) is 4.93. The first-order valence-corrected chi connectivity index (χ1v) is 8.24. The Labute approximate surface area is 134 Å². The van der Waals surface area contributed by atoms with Gasteiger partial charge in [-0.25, -0.2) is 9.78 Å². The number of thiophene rings is 1. The van der Waals surface area contributed by atoms with Gasteiger partial charge in [-0.2, -0.15) is 0 Å². The zero-order valence-electron chi connectivity index (χ0n) is 11.9. The second-order valence-electron chi connectivity index (χ2n) is 5.08. The molecule has 2 heterocycles. The Morgan fingerprint density at radius 2 is 2.19 bits per heavy atom. The third kappa shape index (κ3) is 3.30. The Morgan fingerprint density at radius 3 is 3.00 bits per heavy atom. The summed E-state index contributed by atoms with van der Waals surface area (Å²) in [5.41, 5.74) is 2.51. The molecule has 1 aromatic carbocycles. The predicted molar refractivity (Wildman–Crippen MR) is 85.6 cm³/mol. The van der Waals surface area contributed by atoms with Crippen LogP contribution in [0, 0.1) is 0 Å². The van der Waals surface area contributed by atoms with Gasteiger partial charge in [-0.05, 0) is 35.1 Å². The molecule has 0 saturated heterocycles. The van der Waals surface area contributed by atoms with Crippen LogP contribution in [0.1, 0.15) is 22.0 Å². The quantitative estimate of drug-likeness (QED) is 0.611. The molecule has 1 aliphatic heterocycles. The predicted octanol–water partition coefficient (Wildman–Crippen LogP) is 4.08. The van der Waals surface area contributed by atoms with Crippen LogP contribution in [0.4, 0.5) is 0 Å². The average molecular weight is 324 g/mol. The fourth-order valence-electron chi connectivity index (χ4n) is 2.81. The van der Waals surface area contributed by atoms with Gasteiger partial charge >= 0.3 is 0 Å². The lowest BCUT2D eigenvalue weighted by Crippen LogP contribution is -2.36. The molecule has 112 valence electrons. The monoisotopic (exact) mass is 323 g/mol. The summed E-state index contributed by atoms with van der Waals surface area (Å²) >= 11 is 8.22. The van der Waals surface area contributed by atoms with Crippen molar-refractivity contribution in [1.29, 1.82) is 0 Å². The standard InChI is InChI=1S/C16H18ClNO2S/c1-19-20-11-15(13-4-2-3-5-14(13)17)18-8-6-16-12(10-18)7-9-21-16/h2-5,7,9,15H,6,8,10-11H2,1H3/t15-/m1/s1. The molecule has 0 aliphatic carbocycles. The highest BCUT2D eigenvalue weighted by Gasteiger charge is 2.27. The minimum absolute atomic E-state index is 0.103. The van der Waals surface area contributed by atoms with Crippen molar-refractivity contribution in [1.82, 2.24) is 4.90 Å². The molecule has 5 heteroatoms. The summed E-state index contributed by atoms with van der Waals surface area (Å²) in [6, 6.07) is 10.3. The number of benzene rings is 1. The SMILES string of the molecule is COOC[C@H](c1ccccc1Cl)N1CCc2sccc2C1. The molecule has 2 aromatic rings. The molecule has 3 rings (SSSR count). The molecule has 0 bridgehead atoms. The fourth-order valence-corrected chi connectivity index (χ4v) is 3.96. The highest BCUT2D eigenvalue weighted by Crippen LogP contribution is 2.33. The summed E-state index contributed by atoms with van der Waals surface area (Å²) in [6.07, 6.45) is 1.08. The normalized spacial score (nSPS) is 16.7. The maximum atomic E-state index is 6.38. The van der Waals surface area contributed by atoms with Crippen molar-refractivity contribution in [3.63, 3.8) is 0 Å². The van der Waals surface area contributed by atoms with E-state index in [4.69, 9.17) is 21.4 Å². The fraction of sp³-hybridized carbons (Fsp3) is 0.375. The smallest absolute Gasteiger partial charge is 0.102 e. The summed E-state index contributed by atoms with van der Waals surface area (Å²) in [6.45, 7) is 2.41. The number of nitrogens with zero attached hydrogens (tertiary/aromatic N) is 1. The first-order chi connectivity index (χ1) is 10.3. The van der Waals surface area contributed by atoms with Gasteiger partial charge in [-0.1, -0.05) is 29.8 Å². The lowest BCUT2D eigenvalue weighted by molar-refractivity contribution is -0.281. The van der Waals surface area contributed by atoms with E-state index >= 15 is 0 Å². The molecule has 0 radical (unpaired) electrons. The maximum Gasteiger partial charge on any atom is 0.102 e. The lowest BCUT2D eigenvalue weighted by atomic mass is 10.0. The van der Waals surface area contributed by atoms with Crippen molar-refractivity contribution < 1.29 is 9.78 Å². The first-order valence-electron chi connectivity index (χ1n) is 6.99. The number of halogens is 1. The van der Waals surface area contributed by atoms with Crippen LogP contribution in [-0.2, 0) is 22.7 Å². The number of fused-ring (bicyclic) bond motifs is 1. The van der Waals surface area contributed by atoms with Gasteiger partial charge in [0, 0.05) is 23.0 Å². The van der Waals surface area contributed by atoms with Crippen LogP contribution in [0.5, 0.6) is 0 Å². The minimum Gasteiger partial charge on any atom is -0.289 e. The van der Waals surface area contributed by atoms with Crippen LogP contribution < -0.4 is 0 Å². The van der Waals surface area contributed by atoms with Crippen molar-refractivity contribution >= 4 is 22.9 Å². The molecule has 1 aliphatic rings. The molecule has 0 N–H and O–H groups in total. The van der Waals surface area contributed by atoms with Crippen LogP contribution in [-0.4, -0.2) is 25.2 Å². The van der Waals surface area contributed by atoms with E-state index in [9.17, 15) is 0 Å². The zero-order chi connectivity index (χ0) is 14.7. The number of rotatable bonds is 5. The number of hydrogen-bond acceptors (Lipinski definition) is 4. The topological polar surface area (TPSA) is 21.7 Å². The van der Waals surface area contributed by atoms with Crippen LogP contribution >= 0.6 is 22.9 Å². The Bertz CT molecular complexity index is 601. The molecule has 3 nitrogen and oxygen atoms in total. The van der Waals surface area contributed by atoms with E-state index < -0.39 is 0 Å². The van der Waals surface area contributed by atoms with Crippen molar-refractivity contribution in [2.45, 2.75) is 19.0 Å². The second kappa shape index (κ2) is 6.90. The summed E-state index contributed by atoms with van der Waals surface area (Å²) in [5.74, 6) is 0. The van der Waals surface area contributed by atoms with E-state index in [1.807, 2.05) is 29.5 Å². The van der Waals surface area contributed by atoms with Gasteiger partial charge in [0.25, 0.3) is 0 Å². The summed E-state index contributed by atoms with van der Waals surface area (Å²) in [7, 11) is 1.54. The Morgan fingerprint density at radius 1 is 1.33 bits per heavy atom. The third-order valence-corrected chi connectivity index (χ3v) is 5.25. The van der Waals surface area contributed by atoms with Crippen molar-refractivity contribution in [3.8, 4) is 0 Å². The van der Waals surface area contributed by atoms with Gasteiger partial charge in [-0.15, -0.1) is 11.3 Å². The highest BCUT2D eigenvalue weighted by atomic mass is 35.5. The van der Waals surface area contributed by atoms with Gasteiger partial charge in [0.15, 0.2) is 0 Å². The van der Waals surface area contributed by atoms with E-state index in [0.29, 0.717) is 6.61 Å². The molecule has 0 spiro atoms. The molecular formula is C16H18ClNO2S. The lowest BCUT2D eigenvalue weighted by Gasteiger charge is -2.34. The third-order valence-electron chi connectivity index (χ3n) is 3.89. The molecule has 21 heavy (non-hydrogen) atoms. The number of hydrogen-bond donors (Lipinski definition) is 0. The van der Waals surface area contributed by atoms with E-state index in [1.165, 1.54) is 17.6 Å². The Hall–Kier alpha value is -0.910. The van der Waals surface area contributed by atoms with Crippen LogP contribution in [0.3, 0.4) is 0 Å². The van der Waals surface area contributed by atoms with Crippen molar-refractivity contribution in [2.75, 3.05) is 20.3 Å². The van der Waals surface area contributed by atoms with Gasteiger partial charge in [0.1, 0.15) is 6.61 Å². The molecule has 0 saturated carbocycles. The largest absolute Gasteiger partial charge is 0.289 e. The minimum atomic E-state index is 0.103. The van der Waals surface area contributed by atoms with Crippen molar-refractivity contribution in [2.24, 2.45) is 0 Å². The van der Waals surface area contributed by atoms with Gasteiger partial charge in [0.05, 0.1) is 13.2 Å². The molecular weight excluding hydrogens is 306 g/mol. The van der Waals surface area contributed by atoms with Gasteiger partial charge in [0.2, 0.25) is 0 Å².